The van der Waals surface area contributed by atoms with E-state index in [0.717, 1.165) is 7.11 Å². The van der Waals surface area contributed by atoms with Crippen LogP contribution in [0.3, 0.4) is 0 Å². The molecule has 5 nitrogen and oxygen atoms in total. The van der Waals surface area contributed by atoms with Crippen LogP contribution in [0.15, 0.2) is 6.07 Å². The normalized spacial score (nSPS) is 12.1. The van der Waals surface area contributed by atoms with Gasteiger partial charge in [-0.15, -0.1) is 0 Å². The molecule has 0 aliphatic carbocycles. The SMILES string of the molecule is COCC(NC(=O)c1cc(F)c(F)c(F)c1F)C(=O)O. The number of ether oxygens (including phenoxy) is 1. The first kappa shape index (κ1) is 15.9. The molecule has 0 aliphatic heterocycles. The van der Waals surface area contributed by atoms with Gasteiger partial charge in [0.2, 0.25) is 0 Å². The van der Waals surface area contributed by atoms with Crippen molar-refractivity contribution in [2.75, 3.05) is 13.7 Å². The van der Waals surface area contributed by atoms with E-state index in [9.17, 15) is 27.2 Å². The number of methoxy groups -OCH3 is 1. The van der Waals surface area contributed by atoms with E-state index in [1.165, 1.54) is 0 Å². The van der Waals surface area contributed by atoms with E-state index in [4.69, 9.17) is 5.11 Å². The largest absolute Gasteiger partial charge is 0.480 e. The van der Waals surface area contributed by atoms with E-state index in [0.29, 0.717) is 0 Å². The molecule has 0 aromatic heterocycles. The smallest absolute Gasteiger partial charge is 0.328 e. The summed E-state index contributed by atoms with van der Waals surface area (Å²) in [5.74, 6) is -10.8. The summed E-state index contributed by atoms with van der Waals surface area (Å²) >= 11 is 0. The lowest BCUT2D eigenvalue weighted by Crippen LogP contribution is -2.44. The molecule has 0 spiro atoms. The number of hydrogen-bond acceptors (Lipinski definition) is 3. The standard InChI is InChI=1S/C11H9F4NO4/c1-20-3-6(11(18)19)16-10(17)4-2-5(12)8(14)9(15)7(4)13/h2,6H,3H2,1H3,(H,16,17)(H,18,19). The lowest BCUT2D eigenvalue weighted by atomic mass is 10.1. The lowest BCUT2D eigenvalue weighted by molar-refractivity contribution is -0.140. The zero-order valence-corrected chi connectivity index (χ0v) is 10.0. The first-order valence-corrected chi connectivity index (χ1v) is 5.15. The van der Waals surface area contributed by atoms with Crippen molar-refractivity contribution >= 4 is 11.9 Å². The fourth-order valence-electron chi connectivity index (χ4n) is 1.32. The van der Waals surface area contributed by atoms with Crippen LogP contribution in [0.5, 0.6) is 0 Å². The van der Waals surface area contributed by atoms with E-state index >= 15 is 0 Å². The third-order valence-corrected chi connectivity index (χ3v) is 2.28. The number of benzene rings is 1. The number of carboxylic acids is 1. The molecule has 0 aliphatic rings. The summed E-state index contributed by atoms with van der Waals surface area (Å²) in [5, 5.41) is 10.5. The zero-order chi connectivity index (χ0) is 15.4. The maximum atomic E-state index is 13.3. The maximum Gasteiger partial charge on any atom is 0.328 e. The third-order valence-electron chi connectivity index (χ3n) is 2.28. The number of rotatable bonds is 5. The Bertz CT molecular complexity index is 550. The van der Waals surface area contributed by atoms with Gasteiger partial charge in [0, 0.05) is 7.11 Å². The highest BCUT2D eigenvalue weighted by atomic mass is 19.2. The van der Waals surface area contributed by atoms with E-state index in [1.54, 1.807) is 5.32 Å². The fourth-order valence-corrected chi connectivity index (χ4v) is 1.32. The number of halogens is 4. The second-order valence-electron chi connectivity index (χ2n) is 3.67. The molecular formula is C11H9F4NO4. The second kappa shape index (κ2) is 6.33. The molecule has 0 bridgehead atoms. The highest BCUT2D eigenvalue weighted by Gasteiger charge is 2.26. The van der Waals surface area contributed by atoms with Gasteiger partial charge in [0.1, 0.15) is 0 Å². The van der Waals surface area contributed by atoms with Crippen molar-refractivity contribution < 1.29 is 37.0 Å². The average molecular weight is 295 g/mol. The van der Waals surface area contributed by atoms with E-state index in [2.05, 4.69) is 4.74 Å². The third kappa shape index (κ3) is 3.23. The Morgan fingerprint density at radius 1 is 1.25 bits per heavy atom. The molecule has 1 unspecified atom stereocenters. The first-order chi connectivity index (χ1) is 9.29. The first-order valence-electron chi connectivity index (χ1n) is 5.15. The van der Waals surface area contributed by atoms with Crippen molar-refractivity contribution in [2.24, 2.45) is 0 Å². The minimum Gasteiger partial charge on any atom is -0.480 e. The van der Waals surface area contributed by atoms with Gasteiger partial charge >= 0.3 is 5.97 Å². The van der Waals surface area contributed by atoms with Crippen molar-refractivity contribution in [3.8, 4) is 0 Å². The molecule has 0 saturated carbocycles. The van der Waals surface area contributed by atoms with Gasteiger partial charge in [-0.05, 0) is 6.07 Å². The predicted molar refractivity (Wildman–Crippen MR) is 57.0 cm³/mol. The summed E-state index contributed by atoms with van der Waals surface area (Å²) in [6, 6.07) is -1.42. The number of carbonyl (C=O) groups excluding carboxylic acids is 1. The molecule has 1 amide bonds. The van der Waals surface area contributed by atoms with Crippen molar-refractivity contribution in [1.82, 2.24) is 5.32 Å². The lowest BCUT2D eigenvalue weighted by Gasteiger charge is -2.14. The summed E-state index contributed by atoms with van der Waals surface area (Å²) in [6.07, 6.45) is 0. The topological polar surface area (TPSA) is 75.6 Å². The molecule has 0 saturated heterocycles. The minimum atomic E-state index is -2.16. The molecule has 1 rings (SSSR count). The average Bonchev–Trinajstić information content (AvgIpc) is 2.39. The summed E-state index contributed by atoms with van der Waals surface area (Å²) in [6.45, 7) is -0.450. The van der Waals surface area contributed by atoms with Crippen molar-refractivity contribution in [3.05, 3.63) is 34.9 Å². The maximum absolute atomic E-state index is 13.3. The van der Waals surface area contributed by atoms with Gasteiger partial charge in [-0.1, -0.05) is 0 Å². The minimum absolute atomic E-state index is 0.134. The molecule has 110 valence electrons. The molecule has 2 N–H and O–H groups in total. The summed E-state index contributed by atoms with van der Waals surface area (Å²) in [4.78, 5) is 22.3. The second-order valence-corrected chi connectivity index (χ2v) is 3.67. The summed E-state index contributed by atoms with van der Waals surface area (Å²) in [5.41, 5.74) is -1.15. The van der Waals surface area contributed by atoms with Gasteiger partial charge < -0.3 is 15.2 Å². The molecule has 1 atom stereocenters. The van der Waals surface area contributed by atoms with Crippen LogP contribution in [0.1, 0.15) is 10.4 Å². The van der Waals surface area contributed by atoms with Gasteiger partial charge in [0.25, 0.3) is 5.91 Å². The predicted octanol–water partition coefficient (Wildman–Crippen LogP) is 1.07. The van der Waals surface area contributed by atoms with Crippen LogP contribution < -0.4 is 5.32 Å². The van der Waals surface area contributed by atoms with Crippen LogP contribution in [0.2, 0.25) is 0 Å². The van der Waals surface area contributed by atoms with Crippen LogP contribution in [0.25, 0.3) is 0 Å². The van der Waals surface area contributed by atoms with Crippen LogP contribution in [0.4, 0.5) is 17.6 Å². The van der Waals surface area contributed by atoms with Crippen LogP contribution in [0, 0.1) is 23.3 Å². The molecule has 1 aromatic rings. The van der Waals surface area contributed by atoms with E-state index in [-0.39, 0.29) is 6.07 Å². The van der Waals surface area contributed by atoms with E-state index in [1.807, 2.05) is 0 Å². The highest BCUT2D eigenvalue weighted by Crippen LogP contribution is 2.18. The molecule has 9 heteroatoms. The summed E-state index contributed by atoms with van der Waals surface area (Å²) < 4.78 is 56.4. The Kier molecular flexibility index (Phi) is 5.03. The number of aliphatic carboxylic acids is 1. The number of carbonyl (C=O) groups is 2. The van der Waals surface area contributed by atoms with Crippen LogP contribution >= 0.6 is 0 Å². The molecular weight excluding hydrogens is 286 g/mol. The molecule has 0 fully saturated rings. The van der Waals surface area contributed by atoms with Crippen LogP contribution in [-0.4, -0.2) is 36.7 Å². The molecule has 0 heterocycles. The van der Waals surface area contributed by atoms with Gasteiger partial charge in [-0.25, -0.2) is 22.4 Å². The fraction of sp³-hybridized carbons (Fsp3) is 0.273. The summed E-state index contributed by atoms with van der Waals surface area (Å²) in [7, 11) is 1.15. The number of amides is 1. The van der Waals surface area contributed by atoms with Crippen molar-refractivity contribution in [3.63, 3.8) is 0 Å². The van der Waals surface area contributed by atoms with Gasteiger partial charge in [-0.3, -0.25) is 4.79 Å². The molecule has 0 radical (unpaired) electrons. The van der Waals surface area contributed by atoms with Crippen LogP contribution in [-0.2, 0) is 9.53 Å². The Morgan fingerprint density at radius 2 is 1.85 bits per heavy atom. The number of nitrogens with one attached hydrogen (secondary N) is 1. The molecule has 1 aromatic carbocycles. The Hall–Kier alpha value is -2.16. The number of carboxylic acid groups (broad SMARTS) is 1. The van der Waals surface area contributed by atoms with Crippen molar-refractivity contribution in [2.45, 2.75) is 6.04 Å². The number of hydrogen-bond donors (Lipinski definition) is 2. The quantitative estimate of drug-likeness (QED) is 0.484. The van der Waals surface area contributed by atoms with Gasteiger partial charge in [0.05, 0.1) is 12.2 Å². The Morgan fingerprint density at radius 3 is 2.35 bits per heavy atom. The monoisotopic (exact) mass is 295 g/mol. The zero-order valence-electron chi connectivity index (χ0n) is 10.0. The van der Waals surface area contributed by atoms with Gasteiger partial charge in [-0.2, -0.15) is 0 Å². The van der Waals surface area contributed by atoms with Gasteiger partial charge in [0.15, 0.2) is 29.3 Å². The highest BCUT2D eigenvalue weighted by molar-refractivity contribution is 5.96. The Labute approximate surface area is 110 Å². The van der Waals surface area contributed by atoms with E-state index < -0.39 is 53.4 Å². The Balaban J connectivity index is 3.07. The molecule has 20 heavy (non-hydrogen) atoms. The van der Waals surface area contributed by atoms with Crippen molar-refractivity contribution in [1.29, 1.82) is 0 Å².